The predicted molar refractivity (Wildman–Crippen MR) is 82.4 cm³/mol. The molecular weight excluding hydrogens is 331 g/mol. The molecule has 6 nitrogen and oxygen atoms in total. The number of hydrogen-bond donors (Lipinski definition) is 2. The minimum Gasteiger partial charge on any atom is -0.478 e. The van der Waals surface area contributed by atoms with E-state index in [2.05, 4.69) is 5.32 Å². The molecule has 2 N–H and O–H groups in total. The number of nitro groups is 1. The molecule has 0 bridgehead atoms. The number of aliphatic carboxylic acids is 1. The van der Waals surface area contributed by atoms with Gasteiger partial charge in [-0.3, -0.25) is 10.1 Å². The summed E-state index contributed by atoms with van der Waals surface area (Å²) in [5, 5.41) is 24.1. The van der Waals surface area contributed by atoms with E-state index in [4.69, 9.17) is 23.2 Å². The molecule has 8 heteroatoms. The van der Waals surface area contributed by atoms with Crippen molar-refractivity contribution in [2.24, 2.45) is 0 Å². The molecule has 22 heavy (non-hydrogen) atoms. The number of nitrogens with one attached hydrogen (secondary N) is 1. The number of nitrogens with zero attached hydrogens (tertiary/aromatic N) is 1. The van der Waals surface area contributed by atoms with E-state index in [0.29, 0.717) is 22.0 Å². The molecule has 0 saturated heterocycles. The van der Waals surface area contributed by atoms with E-state index in [9.17, 15) is 20.0 Å². The second kappa shape index (κ2) is 5.98. The highest BCUT2D eigenvalue weighted by molar-refractivity contribution is 6.42. The molecular formula is C14H12Cl2N2O4. The van der Waals surface area contributed by atoms with E-state index in [-0.39, 0.29) is 16.3 Å². The van der Waals surface area contributed by atoms with Gasteiger partial charge in [-0.05, 0) is 31.5 Å². The summed E-state index contributed by atoms with van der Waals surface area (Å²) in [6.45, 7) is 3.10. The Balaban J connectivity index is 2.71. The lowest BCUT2D eigenvalue weighted by molar-refractivity contribution is -0.431. The molecule has 1 aliphatic heterocycles. The molecule has 2 rings (SSSR count). The fourth-order valence-corrected chi connectivity index (χ4v) is 2.83. The van der Waals surface area contributed by atoms with Crippen LogP contribution in [0.1, 0.15) is 25.3 Å². The van der Waals surface area contributed by atoms with Crippen LogP contribution in [0.5, 0.6) is 0 Å². The van der Waals surface area contributed by atoms with E-state index in [1.807, 2.05) is 0 Å². The van der Waals surface area contributed by atoms with Crippen molar-refractivity contribution in [3.63, 3.8) is 0 Å². The fourth-order valence-electron chi connectivity index (χ4n) is 2.53. The van der Waals surface area contributed by atoms with Crippen molar-refractivity contribution in [1.82, 2.24) is 5.32 Å². The van der Waals surface area contributed by atoms with Gasteiger partial charge >= 0.3 is 5.97 Å². The summed E-state index contributed by atoms with van der Waals surface area (Å²) >= 11 is 11.8. The molecule has 0 radical (unpaired) electrons. The van der Waals surface area contributed by atoms with Crippen molar-refractivity contribution < 1.29 is 14.8 Å². The van der Waals surface area contributed by atoms with Crippen molar-refractivity contribution in [3.05, 3.63) is 66.6 Å². The molecule has 0 aromatic heterocycles. The van der Waals surface area contributed by atoms with Crippen LogP contribution in [0.3, 0.4) is 0 Å². The van der Waals surface area contributed by atoms with Gasteiger partial charge in [0.15, 0.2) is 0 Å². The number of dihydropyridines is 1. The van der Waals surface area contributed by atoms with Crippen molar-refractivity contribution in [2.75, 3.05) is 0 Å². The van der Waals surface area contributed by atoms with Crippen LogP contribution in [0.2, 0.25) is 10.0 Å². The maximum Gasteiger partial charge on any atom is 0.334 e. The minimum absolute atomic E-state index is 0.0873. The van der Waals surface area contributed by atoms with Crippen LogP contribution in [0.15, 0.2) is 40.9 Å². The van der Waals surface area contributed by atoms with E-state index < -0.39 is 16.8 Å². The van der Waals surface area contributed by atoms with Gasteiger partial charge in [0.1, 0.15) is 5.92 Å². The molecule has 1 atom stereocenters. The van der Waals surface area contributed by atoms with Gasteiger partial charge in [0, 0.05) is 5.70 Å². The summed E-state index contributed by atoms with van der Waals surface area (Å²) in [7, 11) is 0. The van der Waals surface area contributed by atoms with Gasteiger partial charge in [-0.1, -0.05) is 29.3 Å². The number of carboxylic acids is 1. The smallest absolute Gasteiger partial charge is 0.334 e. The summed E-state index contributed by atoms with van der Waals surface area (Å²) in [5.74, 6) is -2.25. The molecule has 0 aliphatic carbocycles. The lowest BCUT2D eigenvalue weighted by Crippen LogP contribution is -2.30. The van der Waals surface area contributed by atoms with Crippen molar-refractivity contribution in [2.45, 2.75) is 19.8 Å². The fraction of sp³-hybridized carbons (Fsp3) is 0.214. The first-order valence-electron chi connectivity index (χ1n) is 6.25. The highest BCUT2D eigenvalue weighted by Crippen LogP contribution is 2.39. The van der Waals surface area contributed by atoms with Gasteiger partial charge in [-0.2, -0.15) is 0 Å². The van der Waals surface area contributed by atoms with Gasteiger partial charge in [0.05, 0.1) is 26.2 Å². The molecule has 1 aliphatic rings. The average Bonchev–Trinajstić information content (AvgIpc) is 2.39. The van der Waals surface area contributed by atoms with Crippen molar-refractivity contribution >= 4 is 29.2 Å². The Labute approximate surface area is 136 Å². The summed E-state index contributed by atoms with van der Waals surface area (Å²) in [4.78, 5) is 22.4. The summed E-state index contributed by atoms with van der Waals surface area (Å²) in [6.07, 6.45) is 0. The molecule has 0 fully saturated rings. The Morgan fingerprint density at radius 2 is 1.91 bits per heavy atom. The molecule has 1 heterocycles. The zero-order valence-electron chi connectivity index (χ0n) is 11.7. The van der Waals surface area contributed by atoms with Crippen molar-refractivity contribution in [1.29, 1.82) is 0 Å². The van der Waals surface area contributed by atoms with Gasteiger partial charge in [0.25, 0.3) is 5.70 Å². The summed E-state index contributed by atoms with van der Waals surface area (Å²) in [6, 6.07) is 4.48. The Hall–Kier alpha value is -2.05. The Bertz CT molecular complexity index is 704. The molecule has 0 amide bonds. The zero-order chi connectivity index (χ0) is 16.6. The van der Waals surface area contributed by atoms with Crippen LogP contribution >= 0.6 is 23.2 Å². The van der Waals surface area contributed by atoms with E-state index in [1.165, 1.54) is 25.1 Å². The minimum atomic E-state index is -1.23. The Morgan fingerprint density at radius 3 is 2.41 bits per heavy atom. The SMILES string of the molecule is CC1=C(C(=O)O)C(c2ccc(Cl)c(Cl)c2)C([N+](=O)[O-])=C(C)N1. The predicted octanol–water partition coefficient (Wildman–Crippen LogP) is 3.55. The number of rotatable bonds is 3. The maximum atomic E-state index is 11.6. The molecule has 1 aromatic carbocycles. The van der Waals surface area contributed by atoms with Gasteiger partial charge in [-0.25, -0.2) is 4.79 Å². The maximum absolute atomic E-state index is 11.6. The zero-order valence-corrected chi connectivity index (χ0v) is 13.2. The van der Waals surface area contributed by atoms with Gasteiger partial charge in [-0.15, -0.1) is 0 Å². The van der Waals surface area contributed by atoms with Crippen LogP contribution in [0.4, 0.5) is 0 Å². The number of halogens is 2. The van der Waals surface area contributed by atoms with E-state index in [0.717, 1.165) is 0 Å². The standard InChI is InChI=1S/C14H12Cl2N2O4/c1-6-11(14(19)20)12(13(18(21)22)7(2)17-6)8-3-4-9(15)10(16)5-8/h3-5,12,17H,1-2H3,(H,19,20). The van der Waals surface area contributed by atoms with E-state index >= 15 is 0 Å². The third-order valence-corrected chi connectivity index (χ3v) is 4.17. The van der Waals surface area contributed by atoms with Crippen LogP contribution in [-0.4, -0.2) is 16.0 Å². The monoisotopic (exact) mass is 342 g/mol. The Morgan fingerprint density at radius 1 is 1.27 bits per heavy atom. The number of carboxylic acid groups (broad SMARTS) is 1. The van der Waals surface area contributed by atoms with Crippen LogP contribution in [0, 0.1) is 10.1 Å². The molecule has 116 valence electrons. The number of carbonyl (C=O) groups is 1. The second-order valence-electron chi connectivity index (χ2n) is 4.84. The Kier molecular flexibility index (Phi) is 4.44. The van der Waals surface area contributed by atoms with Gasteiger partial charge in [0.2, 0.25) is 0 Å². The van der Waals surface area contributed by atoms with Crippen LogP contribution < -0.4 is 5.32 Å². The number of benzene rings is 1. The van der Waals surface area contributed by atoms with Gasteiger partial charge < -0.3 is 10.4 Å². The second-order valence-corrected chi connectivity index (χ2v) is 5.66. The average molecular weight is 343 g/mol. The number of allylic oxidation sites excluding steroid dienone is 3. The quantitative estimate of drug-likeness (QED) is 0.647. The number of hydrogen-bond acceptors (Lipinski definition) is 4. The molecule has 0 spiro atoms. The molecule has 0 saturated carbocycles. The first kappa shape index (κ1) is 16.3. The van der Waals surface area contributed by atoms with Crippen LogP contribution in [0.25, 0.3) is 0 Å². The van der Waals surface area contributed by atoms with Crippen LogP contribution in [-0.2, 0) is 4.79 Å². The first-order valence-corrected chi connectivity index (χ1v) is 7.00. The molecule has 1 unspecified atom stereocenters. The largest absolute Gasteiger partial charge is 0.478 e. The summed E-state index contributed by atoms with van der Waals surface area (Å²) < 4.78 is 0. The first-order chi connectivity index (χ1) is 10.2. The lowest BCUT2D eigenvalue weighted by Gasteiger charge is -2.25. The lowest BCUT2D eigenvalue weighted by atomic mass is 9.84. The van der Waals surface area contributed by atoms with Crippen molar-refractivity contribution in [3.8, 4) is 0 Å². The normalized spacial score (nSPS) is 18.3. The topological polar surface area (TPSA) is 92.5 Å². The highest BCUT2D eigenvalue weighted by atomic mass is 35.5. The molecule has 1 aromatic rings. The highest BCUT2D eigenvalue weighted by Gasteiger charge is 2.40. The third kappa shape index (κ3) is 2.80. The summed E-state index contributed by atoms with van der Waals surface area (Å²) in [5.41, 5.74) is 0.742. The van der Waals surface area contributed by atoms with E-state index in [1.54, 1.807) is 6.92 Å². The third-order valence-electron chi connectivity index (χ3n) is 3.43.